The van der Waals surface area contributed by atoms with Crippen molar-refractivity contribution in [1.82, 2.24) is 0 Å². The van der Waals surface area contributed by atoms with Gasteiger partial charge in [-0.3, -0.25) is 19.9 Å². The molecule has 0 unspecified atom stereocenters. The number of hydrogen-bond acceptors (Lipinski definition) is 14. The van der Waals surface area contributed by atoms with Gasteiger partial charge in [0.1, 0.15) is 40.2 Å². The zero-order chi connectivity index (χ0) is 42.1. The van der Waals surface area contributed by atoms with E-state index in [-0.39, 0.29) is 23.0 Å². The summed E-state index contributed by atoms with van der Waals surface area (Å²) >= 11 is 0. The van der Waals surface area contributed by atoms with Gasteiger partial charge in [0, 0.05) is 22.9 Å². The Kier molecular flexibility index (Phi) is 21.8. The molecule has 0 aliphatic heterocycles. The number of carbonyl (C=O) groups is 1. The van der Waals surface area contributed by atoms with Crippen molar-refractivity contribution in [2.24, 2.45) is 11.5 Å². The number of ether oxygens (including phenoxy) is 3. The lowest BCUT2D eigenvalue weighted by molar-refractivity contribution is 0.0731. The molecule has 4 rings (SSSR count). The smallest absolute Gasteiger partial charge is 0.347 e. The molecule has 4 aromatic rings. The standard InChI is InChI=1S/C19H24N4O2.C13H11NO3.2C2H6O4S/c20-18(21)14-4-8-16(9-5-14)24-12-2-1-3-13-25-17-10-6-15(7-11-17)19(22)23;14-9-6-7-11(12(15)8-9)13(16)17-10-4-2-1-3-5-10;2*3-1-2-7(4,5)6/h4-11H,1-3,12-13H2,(H3,20,21)(H3,22,23);1-8,15H,14H2;2*3H,1-2H2,(H,4,5,6). The molecule has 0 fully saturated rings. The van der Waals surface area contributed by atoms with Crippen LogP contribution in [0.2, 0.25) is 0 Å². The number of amidine groups is 2. The van der Waals surface area contributed by atoms with Crippen molar-refractivity contribution in [1.29, 1.82) is 10.8 Å². The number of rotatable bonds is 16. The Morgan fingerprint density at radius 2 is 1.05 bits per heavy atom. The maximum Gasteiger partial charge on any atom is 0.347 e. The monoisotopic (exact) mass is 821 g/mol. The van der Waals surface area contributed by atoms with E-state index >= 15 is 0 Å². The summed E-state index contributed by atoms with van der Waals surface area (Å²) < 4.78 is 70.6. The van der Waals surface area contributed by atoms with Gasteiger partial charge in [-0.1, -0.05) is 18.2 Å². The lowest BCUT2D eigenvalue weighted by Crippen LogP contribution is -2.10. The normalized spacial score (nSPS) is 10.5. The van der Waals surface area contributed by atoms with E-state index in [0.717, 1.165) is 30.8 Å². The van der Waals surface area contributed by atoms with Crippen molar-refractivity contribution in [2.75, 3.05) is 43.7 Å². The summed E-state index contributed by atoms with van der Waals surface area (Å²) in [7, 11) is -7.85. The Labute approximate surface area is 325 Å². The van der Waals surface area contributed by atoms with Gasteiger partial charge in [0.2, 0.25) is 0 Å². The zero-order valence-corrected chi connectivity index (χ0v) is 31.8. The van der Waals surface area contributed by atoms with Gasteiger partial charge in [0.05, 0.1) is 37.9 Å². The van der Waals surface area contributed by atoms with E-state index in [4.69, 9.17) is 61.5 Å². The van der Waals surface area contributed by atoms with E-state index < -0.39 is 50.9 Å². The molecule has 0 amide bonds. The van der Waals surface area contributed by atoms with E-state index in [1.165, 1.54) is 18.2 Å². The molecule has 0 aliphatic carbocycles. The highest BCUT2D eigenvalue weighted by Crippen LogP contribution is 2.22. The maximum absolute atomic E-state index is 11.7. The van der Waals surface area contributed by atoms with E-state index in [1.54, 1.807) is 48.5 Å². The number of carbonyl (C=O) groups excluding carboxylic acids is 1. The quantitative estimate of drug-likeness (QED) is 0.0148. The number of nitrogens with two attached hydrogens (primary N) is 3. The number of phenolic OH excluding ortho intramolecular Hbond substituents is 1. The van der Waals surface area contributed by atoms with Crippen molar-refractivity contribution in [3.8, 4) is 23.0 Å². The lowest BCUT2D eigenvalue weighted by atomic mass is 10.2. The molecule has 0 saturated carbocycles. The molecule has 0 aliphatic rings. The molecule has 0 saturated heterocycles. The number of nitrogens with one attached hydrogen (secondary N) is 2. The summed E-state index contributed by atoms with van der Waals surface area (Å²) in [6.45, 7) is 0.233. The van der Waals surface area contributed by atoms with Crippen molar-refractivity contribution in [3.05, 3.63) is 114 Å². The molecule has 0 radical (unpaired) electrons. The van der Waals surface area contributed by atoms with Gasteiger partial charge < -0.3 is 46.7 Å². The second kappa shape index (κ2) is 25.3. The van der Waals surface area contributed by atoms with Crippen LogP contribution in [0.15, 0.2) is 97.1 Å². The average Bonchev–Trinajstić information content (AvgIpc) is 3.12. The fraction of sp³-hybridized carbons (Fsp3) is 0.250. The fourth-order valence-electron chi connectivity index (χ4n) is 3.82. The fourth-order valence-corrected chi connectivity index (χ4v) is 4.29. The number of nitrogen functional groups attached to an aromatic ring is 3. The van der Waals surface area contributed by atoms with Crippen LogP contribution in [0.1, 0.15) is 40.7 Å². The van der Waals surface area contributed by atoms with Crippen LogP contribution < -0.4 is 31.4 Å². The van der Waals surface area contributed by atoms with Gasteiger partial charge in [-0.25, -0.2) is 4.79 Å². The Hall–Kier alpha value is -5.77. The highest BCUT2D eigenvalue weighted by atomic mass is 32.2. The molecule has 13 N–H and O–H groups in total. The van der Waals surface area contributed by atoms with Gasteiger partial charge >= 0.3 is 5.97 Å². The predicted molar refractivity (Wildman–Crippen MR) is 211 cm³/mol. The summed E-state index contributed by atoms with van der Waals surface area (Å²) in [5, 5.41) is 40.0. The van der Waals surface area contributed by atoms with Crippen LogP contribution >= 0.6 is 0 Å². The van der Waals surface area contributed by atoms with Crippen molar-refractivity contribution >= 4 is 43.6 Å². The minimum atomic E-state index is -3.92. The van der Waals surface area contributed by atoms with Crippen molar-refractivity contribution in [2.45, 2.75) is 19.3 Å². The summed E-state index contributed by atoms with van der Waals surface area (Å²) in [6, 6.07) is 27.3. The number of para-hydroxylation sites is 1. The van der Waals surface area contributed by atoms with Gasteiger partial charge in [-0.15, -0.1) is 0 Å². The first-order chi connectivity index (χ1) is 26.3. The Balaban J connectivity index is 0.000000433. The first-order valence-corrected chi connectivity index (χ1v) is 19.7. The number of aromatic hydroxyl groups is 1. The lowest BCUT2D eigenvalue weighted by Gasteiger charge is -2.08. The molecule has 56 heavy (non-hydrogen) atoms. The summed E-state index contributed by atoms with van der Waals surface area (Å²) in [4.78, 5) is 11.7. The Morgan fingerprint density at radius 1 is 0.625 bits per heavy atom. The van der Waals surface area contributed by atoms with E-state index in [2.05, 4.69) is 0 Å². The van der Waals surface area contributed by atoms with E-state index in [0.29, 0.717) is 35.8 Å². The van der Waals surface area contributed by atoms with Crippen LogP contribution in [0, 0.1) is 10.8 Å². The topological polar surface area (TPSA) is 340 Å². The number of phenols is 1. The number of aliphatic hydroxyl groups is 2. The first kappa shape index (κ1) is 48.2. The molecule has 0 heterocycles. The number of aliphatic hydroxyl groups excluding tert-OH is 2. The SMILES string of the molecule is N=C(N)c1ccc(OCCCCCOc2ccc(C(=N)N)cc2)cc1.Nc1ccc(C(=O)Oc2ccccc2)c(O)c1.O=S(=O)(O)CCO.O=S(=O)(O)CCO. The van der Waals surface area contributed by atoms with Crippen molar-refractivity contribution < 1.29 is 60.3 Å². The predicted octanol–water partition coefficient (Wildman–Crippen LogP) is 2.81. The average molecular weight is 822 g/mol. The second-order valence-electron chi connectivity index (χ2n) is 11.1. The molecule has 0 atom stereocenters. The minimum Gasteiger partial charge on any atom is -0.507 e. The highest BCUT2D eigenvalue weighted by molar-refractivity contribution is 7.86. The Morgan fingerprint density at radius 3 is 1.39 bits per heavy atom. The van der Waals surface area contributed by atoms with Gasteiger partial charge in [-0.2, -0.15) is 16.8 Å². The largest absolute Gasteiger partial charge is 0.507 e. The van der Waals surface area contributed by atoms with Gasteiger partial charge in [0.25, 0.3) is 20.2 Å². The molecule has 0 spiro atoms. The van der Waals surface area contributed by atoms with Crippen LogP contribution in [0.3, 0.4) is 0 Å². The third-order valence-electron chi connectivity index (χ3n) is 6.55. The molecule has 18 nitrogen and oxygen atoms in total. The highest BCUT2D eigenvalue weighted by Gasteiger charge is 2.13. The van der Waals surface area contributed by atoms with Crippen LogP contribution in [-0.2, 0) is 20.2 Å². The summed E-state index contributed by atoms with van der Waals surface area (Å²) in [5.74, 6) is 0.150. The molecule has 4 aromatic carbocycles. The molecule has 0 bridgehead atoms. The maximum atomic E-state index is 11.7. The third-order valence-corrected chi connectivity index (χ3v) is 7.95. The minimum absolute atomic E-state index is 0.0579. The summed E-state index contributed by atoms with van der Waals surface area (Å²) in [5.41, 5.74) is 18.2. The summed E-state index contributed by atoms with van der Waals surface area (Å²) in [6.07, 6.45) is 2.90. The van der Waals surface area contributed by atoms with Crippen LogP contribution in [0.25, 0.3) is 0 Å². The Bertz CT molecular complexity index is 1920. The number of hydrogen-bond donors (Lipinski definition) is 10. The molecular formula is C36H47N5O13S2. The number of anilines is 1. The van der Waals surface area contributed by atoms with Crippen LogP contribution in [-0.4, -0.2) is 96.8 Å². The third kappa shape index (κ3) is 22.4. The van der Waals surface area contributed by atoms with Gasteiger partial charge in [0.15, 0.2) is 0 Å². The number of unbranched alkanes of at least 4 members (excludes halogenated alkanes) is 2. The van der Waals surface area contributed by atoms with Gasteiger partial charge in [-0.05, 0) is 92.1 Å². The molecule has 306 valence electrons. The van der Waals surface area contributed by atoms with E-state index in [9.17, 15) is 26.7 Å². The number of esters is 1. The molecule has 20 heteroatoms. The molecule has 0 aromatic heterocycles. The number of benzene rings is 4. The van der Waals surface area contributed by atoms with Crippen molar-refractivity contribution in [3.63, 3.8) is 0 Å². The molecular weight excluding hydrogens is 775 g/mol. The van der Waals surface area contributed by atoms with Crippen LogP contribution in [0.4, 0.5) is 5.69 Å². The van der Waals surface area contributed by atoms with Crippen LogP contribution in [0.5, 0.6) is 23.0 Å². The second-order valence-corrected chi connectivity index (χ2v) is 14.3. The zero-order valence-electron chi connectivity index (χ0n) is 30.2. The van der Waals surface area contributed by atoms with E-state index in [1.807, 2.05) is 30.3 Å². The first-order valence-electron chi connectivity index (χ1n) is 16.5.